The Morgan fingerprint density at radius 1 is 1.32 bits per heavy atom. The first-order valence-corrected chi connectivity index (χ1v) is 10.8. The fourth-order valence-corrected chi connectivity index (χ4v) is 5.50. The van der Waals surface area contributed by atoms with Crippen molar-refractivity contribution in [2.24, 2.45) is 18.4 Å². The van der Waals surface area contributed by atoms with Gasteiger partial charge in [0, 0.05) is 45.5 Å². The van der Waals surface area contributed by atoms with Gasteiger partial charge in [-0.05, 0) is 45.1 Å². The maximum Gasteiger partial charge on any atom is 0.313 e. The Morgan fingerprint density at radius 2 is 2.14 bits per heavy atom. The minimum atomic E-state index is -0.352. The molecule has 0 aromatic carbocycles. The van der Waals surface area contributed by atoms with Gasteiger partial charge in [-0.15, -0.1) is 0 Å². The van der Waals surface area contributed by atoms with Crippen LogP contribution in [0.2, 0.25) is 0 Å². The highest BCUT2D eigenvalue weighted by Gasteiger charge is 2.53. The molecule has 0 unspecified atom stereocenters. The molecule has 1 aromatic rings. The second-order valence-electron chi connectivity index (χ2n) is 8.65. The number of imidazole rings is 1. The van der Waals surface area contributed by atoms with E-state index in [1.807, 2.05) is 26.5 Å². The second-order valence-corrected chi connectivity index (χ2v) is 8.65. The van der Waals surface area contributed by atoms with E-state index in [2.05, 4.69) is 19.4 Å². The van der Waals surface area contributed by atoms with Crippen molar-refractivity contribution in [2.75, 3.05) is 46.0 Å². The monoisotopic (exact) mass is 390 g/mol. The van der Waals surface area contributed by atoms with Crippen LogP contribution in [0.3, 0.4) is 0 Å². The number of rotatable bonds is 5. The molecule has 2 saturated heterocycles. The molecule has 0 amide bonds. The number of aryl methyl sites for hydroxylation is 1. The molecule has 0 N–H and O–H groups in total. The topological polar surface area (TPSA) is 59.8 Å². The van der Waals surface area contributed by atoms with E-state index < -0.39 is 0 Å². The van der Waals surface area contributed by atoms with E-state index >= 15 is 0 Å². The molecule has 1 aliphatic carbocycles. The van der Waals surface area contributed by atoms with Crippen molar-refractivity contribution < 1.29 is 14.3 Å². The molecule has 0 radical (unpaired) electrons. The lowest BCUT2D eigenvalue weighted by molar-refractivity contribution is -0.170. The van der Waals surface area contributed by atoms with E-state index in [-0.39, 0.29) is 11.4 Å². The molecule has 7 heteroatoms. The van der Waals surface area contributed by atoms with Gasteiger partial charge in [0.25, 0.3) is 0 Å². The van der Waals surface area contributed by atoms with E-state index in [1.54, 1.807) is 0 Å². The van der Waals surface area contributed by atoms with Crippen LogP contribution in [0.1, 0.15) is 38.3 Å². The predicted octanol–water partition coefficient (Wildman–Crippen LogP) is 1.68. The zero-order chi connectivity index (χ0) is 19.6. The van der Waals surface area contributed by atoms with Crippen LogP contribution in [-0.2, 0) is 27.9 Å². The van der Waals surface area contributed by atoms with Crippen LogP contribution in [0.25, 0.3) is 0 Å². The van der Waals surface area contributed by atoms with E-state index in [0.29, 0.717) is 18.6 Å². The molecule has 2 aliphatic heterocycles. The lowest BCUT2D eigenvalue weighted by Gasteiger charge is -2.52. The Kier molecular flexibility index (Phi) is 6.04. The zero-order valence-electron chi connectivity index (χ0n) is 17.3. The molecule has 1 saturated carbocycles. The van der Waals surface area contributed by atoms with Gasteiger partial charge in [0.05, 0.1) is 37.3 Å². The van der Waals surface area contributed by atoms with Crippen molar-refractivity contribution in [3.63, 3.8) is 0 Å². The summed E-state index contributed by atoms with van der Waals surface area (Å²) in [7, 11) is 2.03. The standard InChI is InChI=1S/C21H34N4O3/c1-3-28-20(26)21-6-4-18(25-8-10-27-11-9-25)12-17(21)5-7-24(15-21)14-19-13-22-16-23(19)2/h13,16-18H,3-12,14-15H2,1-2H3/t17-,18-,21-/m1/s1. The molecule has 3 fully saturated rings. The fraction of sp³-hybridized carbons (Fsp3) is 0.810. The number of fused-ring (bicyclic) bond motifs is 1. The quantitative estimate of drug-likeness (QED) is 0.713. The maximum atomic E-state index is 13.2. The van der Waals surface area contributed by atoms with Gasteiger partial charge in [-0.25, -0.2) is 4.98 Å². The number of aromatic nitrogens is 2. The molecule has 156 valence electrons. The third kappa shape index (κ3) is 3.84. The summed E-state index contributed by atoms with van der Waals surface area (Å²) in [6.07, 6.45) is 7.96. The van der Waals surface area contributed by atoms with Crippen LogP contribution in [0.4, 0.5) is 0 Å². The summed E-state index contributed by atoms with van der Waals surface area (Å²) in [5, 5.41) is 0. The highest BCUT2D eigenvalue weighted by atomic mass is 16.5. The average molecular weight is 391 g/mol. The number of ether oxygens (including phenoxy) is 2. The van der Waals surface area contributed by atoms with Gasteiger partial charge in [0.1, 0.15) is 0 Å². The van der Waals surface area contributed by atoms with E-state index in [4.69, 9.17) is 9.47 Å². The van der Waals surface area contributed by atoms with Gasteiger partial charge in [-0.1, -0.05) is 0 Å². The van der Waals surface area contributed by atoms with Crippen molar-refractivity contribution in [1.29, 1.82) is 0 Å². The molecule has 0 spiro atoms. The zero-order valence-corrected chi connectivity index (χ0v) is 17.3. The van der Waals surface area contributed by atoms with Crippen LogP contribution in [0.15, 0.2) is 12.5 Å². The van der Waals surface area contributed by atoms with E-state index in [1.165, 1.54) is 5.69 Å². The van der Waals surface area contributed by atoms with Crippen molar-refractivity contribution in [3.8, 4) is 0 Å². The first-order valence-electron chi connectivity index (χ1n) is 10.8. The van der Waals surface area contributed by atoms with E-state index in [9.17, 15) is 4.79 Å². The number of hydrogen-bond acceptors (Lipinski definition) is 6. The van der Waals surface area contributed by atoms with Crippen molar-refractivity contribution >= 4 is 5.97 Å². The highest BCUT2D eigenvalue weighted by molar-refractivity contribution is 5.78. The number of carbonyl (C=O) groups is 1. The minimum Gasteiger partial charge on any atom is -0.466 e. The molecule has 0 bridgehead atoms. The van der Waals surface area contributed by atoms with Gasteiger partial charge < -0.3 is 14.0 Å². The molecule has 3 atom stereocenters. The second kappa shape index (κ2) is 8.51. The Balaban J connectivity index is 1.49. The first-order chi connectivity index (χ1) is 13.6. The smallest absolute Gasteiger partial charge is 0.313 e. The predicted molar refractivity (Wildman–Crippen MR) is 106 cm³/mol. The number of esters is 1. The number of piperidine rings is 1. The van der Waals surface area contributed by atoms with E-state index in [0.717, 1.165) is 71.6 Å². The van der Waals surface area contributed by atoms with Crippen molar-refractivity contribution in [1.82, 2.24) is 19.4 Å². The van der Waals surface area contributed by atoms with Gasteiger partial charge in [0.15, 0.2) is 0 Å². The molecule has 4 rings (SSSR count). The van der Waals surface area contributed by atoms with Crippen molar-refractivity contribution in [3.05, 3.63) is 18.2 Å². The van der Waals surface area contributed by atoms with Gasteiger partial charge in [-0.3, -0.25) is 14.6 Å². The van der Waals surface area contributed by atoms with Gasteiger partial charge in [0.2, 0.25) is 0 Å². The molecular weight excluding hydrogens is 356 g/mol. The number of likely N-dealkylation sites (tertiary alicyclic amines) is 1. The average Bonchev–Trinajstić information content (AvgIpc) is 3.12. The van der Waals surface area contributed by atoms with Crippen LogP contribution in [0, 0.1) is 11.3 Å². The summed E-state index contributed by atoms with van der Waals surface area (Å²) < 4.78 is 13.2. The third-order valence-electron chi connectivity index (χ3n) is 7.11. The molecule has 3 heterocycles. The maximum absolute atomic E-state index is 13.2. The summed E-state index contributed by atoms with van der Waals surface area (Å²) in [5.41, 5.74) is 0.842. The molecule has 1 aromatic heterocycles. The molecule has 28 heavy (non-hydrogen) atoms. The number of nitrogens with zero attached hydrogens (tertiary/aromatic N) is 4. The third-order valence-corrected chi connectivity index (χ3v) is 7.11. The Labute approximate surface area is 168 Å². The lowest BCUT2D eigenvalue weighted by atomic mass is 9.61. The fourth-order valence-electron chi connectivity index (χ4n) is 5.50. The van der Waals surface area contributed by atoms with Crippen LogP contribution in [-0.4, -0.2) is 77.4 Å². The number of carbonyl (C=O) groups excluding carboxylic acids is 1. The van der Waals surface area contributed by atoms with Crippen LogP contribution >= 0.6 is 0 Å². The summed E-state index contributed by atoms with van der Waals surface area (Å²) >= 11 is 0. The molecule has 7 nitrogen and oxygen atoms in total. The number of hydrogen-bond donors (Lipinski definition) is 0. The van der Waals surface area contributed by atoms with Crippen LogP contribution < -0.4 is 0 Å². The molecule has 3 aliphatic rings. The Hall–Kier alpha value is -1.44. The normalized spacial score (nSPS) is 32.1. The summed E-state index contributed by atoms with van der Waals surface area (Å²) in [4.78, 5) is 22.4. The molecular formula is C21H34N4O3. The first kappa shape index (κ1) is 19.9. The summed E-state index contributed by atoms with van der Waals surface area (Å²) in [6.45, 7) is 8.78. The number of morpholine rings is 1. The van der Waals surface area contributed by atoms with Crippen molar-refractivity contribution in [2.45, 2.75) is 45.2 Å². The Morgan fingerprint density at radius 3 is 2.86 bits per heavy atom. The highest BCUT2D eigenvalue weighted by Crippen LogP contribution is 2.48. The summed E-state index contributed by atoms with van der Waals surface area (Å²) in [5.74, 6) is 0.436. The van der Waals surface area contributed by atoms with Crippen LogP contribution in [0.5, 0.6) is 0 Å². The van der Waals surface area contributed by atoms with Gasteiger partial charge >= 0.3 is 5.97 Å². The lowest BCUT2D eigenvalue weighted by Crippen LogP contribution is -2.58. The SMILES string of the molecule is CCOC(=O)[C@@]12CC[C@@H](N3CCOCC3)C[C@H]1CCN(Cc1cncn1C)C2. The minimum absolute atomic E-state index is 0.0233. The Bertz CT molecular complexity index is 672. The van der Waals surface area contributed by atoms with Gasteiger partial charge in [-0.2, -0.15) is 0 Å². The largest absolute Gasteiger partial charge is 0.466 e. The summed E-state index contributed by atoms with van der Waals surface area (Å²) in [6, 6.07) is 0.583.